The molecule has 0 saturated heterocycles. The highest BCUT2D eigenvalue weighted by Gasteiger charge is 2.09. The van der Waals surface area contributed by atoms with Crippen molar-refractivity contribution in [3.8, 4) is 6.07 Å². The van der Waals surface area contributed by atoms with Crippen molar-refractivity contribution in [2.24, 2.45) is 0 Å². The monoisotopic (exact) mass is 271 g/mol. The number of aliphatic hydroxyl groups is 1. The van der Waals surface area contributed by atoms with E-state index >= 15 is 0 Å². The maximum absolute atomic E-state index is 13.0. The van der Waals surface area contributed by atoms with E-state index in [4.69, 9.17) is 11.0 Å². The topological polar surface area (TPSA) is 82.1 Å². The molecule has 5 heteroatoms. The average Bonchev–Trinajstić information content (AvgIpc) is 2.46. The van der Waals surface area contributed by atoms with Gasteiger partial charge in [-0.3, -0.25) is 0 Å². The zero-order valence-corrected chi connectivity index (χ0v) is 10.7. The van der Waals surface area contributed by atoms with E-state index in [2.05, 4.69) is 5.32 Å². The van der Waals surface area contributed by atoms with Crippen LogP contribution in [0.2, 0.25) is 0 Å². The Morgan fingerprint density at radius 3 is 2.60 bits per heavy atom. The molecule has 0 spiro atoms. The zero-order valence-electron chi connectivity index (χ0n) is 10.7. The van der Waals surface area contributed by atoms with Crippen LogP contribution in [-0.2, 0) is 0 Å². The number of nitriles is 1. The summed E-state index contributed by atoms with van der Waals surface area (Å²) in [5, 5.41) is 21.9. The number of halogens is 1. The average molecular weight is 271 g/mol. The van der Waals surface area contributed by atoms with Gasteiger partial charge >= 0.3 is 0 Å². The van der Waals surface area contributed by atoms with Crippen LogP contribution >= 0.6 is 0 Å². The quantitative estimate of drug-likeness (QED) is 0.746. The third-order valence-electron chi connectivity index (χ3n) is 2.91. The molecule has 1 unspecified atom stereocenters. The molecule has 102 valence electrons. The SMILES string of the molecule is N#Cc1cc(F)ccc1NCC(O)c1ccc(N)cc1. The van der Waals surface area contributed by atoms with E-state index in [0.717, 1.165) is 6.07 Å². The normalized spacial score (nSPS) is 11.7. The predicted octanol–water partition coefficient (Wildman–Crippen LogP) is 2.43. The summed E-state index contributed by atoms with van der Waals surface area (Å²) >= 11 is 0. The van der Waals surface area contributed by atoms with Gasteiger partial charge in [0, 0.05) is 12.2 Å². The minimum absolute atomic E-state index is 0.203. The van der Waals surface area contributed by atoms with Crippen LogP contribution in [0.3, 0.4) is 0 Å². The van der Waals surface area contributed by atoms with Gasteiger partial charge in [0.05, 0.1) is 17.4 Å². The van der Waals surface area contributed by atoms with E-state index in [1.165, 1.54) is 12.1 Å². The fourth-order valence-corrected chi connectivity index (χ4v) is 1.81. The van der Waals surface area contributed by atoms with Crippen LogP contribution in [0.25, 0.3) is 0 Å². The van der Waals surface area contributed by atoms with E-state index in [9.17, 15) is 9.50 Å². The summed E-state index contributed by atoms with van der Waals surface area (Å²) in [6, 6.07) is 12.7. The van der Waals surface area contributed by atoms with Gasteiger partial charge in [0.15, 0.2) is 0 Å². The summed E-state index contributed by atoms with van der Waals surface area (Å²) in [7, 11) is 0. The Balaban J connectivity index is 2.05. The Morgan fingerprint density at radius 2 is 1.95 bits per heavy atom. The number of rotatable bonds is 4. The van der Waals surface area contributed by atoms with E-state index in [0.29, 0.717) is 16.9 Å². The van der Waals surface area contributed by atoms with Crippen LogP contribution in [0.1, 0.15) is 17.2 Å². The van der Waals surface area contributed by atoms with Crippen molar-refractivity contribution in [2.75, 3.05) is 17.6 Å². The summed E-state index contributed by atoms with van der Waals surface area (Å²) in [5.41, 5.74) is 7.61. The fraction of sp³-hybridized carbons (Fsp3) is 0.133. The summed E-state index contributed by atoms with van der Waals surface area (Å²) in [6.45, 7) is 0.213. The first-order valence-corrected chi connectivity index (χ1v) is 6.07. The Hall–Kier alpha value is -2.58. The van der Waals surface area contributed by atoms with Crippen molar-refractivity contribution < 1.29 is 9.50 Å². The van der Waals surface area contributed by atoms with Gasteiger partial charge in [0.2, 0.25) is 0 Å². The first kappa shape index (κ1) is 13.8. The molecule has 0 heterocycles. The first-order chi connectivity index (χ1) is 9.60. The van der Waals surface area contributed by atoms with Crippen LogP contribution in [0.15, 0.2) is 42.5 Å². The summed E-state index contributed by atoms with van der Waals surface area (Å²) in [5.74, 6) is -0.466. The molecule has 0 saturated carbocycles. The molecule has 0 aromatic heterocycles. The molecule has 0 bridgehead atoms. The highest BCUT2D eigenvalue weighted by molar-refractivity contribution is 5.57. The van der Waals surface area contributed by atoms with E-state index in [1.54, 1.807) is 24.3 Å². The number of nitrogens with two attached hydrogens (primary N) is 1. The van der Waals surface area contributed by atoms with Crippen LogP contribution in [0.4, 0.5) is 15.8 Å². The fourth-order valence-electron chi connectivity index (χ4n) is 1.81. The van der Waals surface area contributed by atoms with Gasteiger partial charge in [0.1, 0.15) is 11.9 Å². The molecule has 0 aliphatic rings. The summed E-state index contributed by atoms with van der Waals surface area (Å²) in [4.78, 5) is 0. The van der Waals surface area contributed by atoms with Gasteiger partial charge < -0.3 is 16.2 Å². The minimum Gasteiger partial charge on any atom is -0.399 e. The highest BCUT2D eigenvalue weighted by atomic mass is 19.1. The molecule has 0 radical (unpaired) electrons. The molecule has 4 N–H and O–H groups in total. The zero-order chi connectivity index (χ0) is 14.5. The number of hydrogen-bond donors (Lipinski definition) is 3. The lowest BCUT2D eigenvalue weighted by Gasteiger charge is -2.14. The summed E-state index contributed by atoms with van der Waals surface area (Å²) < 4.78 is 13.0. The van der Waals surface area contributed by atoms with Crippen molar-refractivity contribution in [3.63, 3.8) is 0 Å². The molecule has 2 aromatic rings. The Bertz CT molecular complexity index is 635. The maximum atomic E-state index is 13.0. The number of nitrogens with one attached hydrogen (secondary N) is 1. The van der Waals surface area contributed by atoms with Crippen LogP contribution in [-0.4, -0.2) is 11.7 Å². The van der Waals surface area contributed by atoms with Crippen LogP contribution in [0.5, 0.6) is 0 Å². The molecular formula is C15H14FN3O. The number of nitrogens with zero attached hydrogens (tertiary/aromatic N) is 1. The van der Waals surface area contributed by atoms with Gasteiger partial charge in [-0.15, -0.1) is 0 Å². The smallest absolute Gasteiger partial charge is 0.124 e. The number of nitrogen functional groups attached to an aromatic ring is 1. The van der Waals surface area contributed by atoms with Gasteiger partial charge in [-0.2, -0.15) is 5.26 Å². The van der Waals surface area contributed by atoms with Crippen molar-refractivity contribution in [1.82, 2.24) is 0 Å². The van der Waals surface area contributed by atoms with Crippen molar-refractivity contribution >= 4 is 11.4 Å². The molecule has 2 aromatic carbocycles. The molecule has 0 fully saturated rings. The van der Waals surface area contributed by atoms with Crippen LogP contribution < -0.4 is 11.1 Å². The predicted molar refractivity (Wildman–Crippen MR) is 75.4 cm³/mol. The Morgan fingerprint density at radius 1 is 1.25 bits per heavy atom. The van der Waals surface area contributed by atoms with E-state index in [-0.39, 0.29) is 12.1 Å². The molecule has 2 rings (SSSR count). The van der Waals surface area contributed by atoms with Crippen molar-refractivity contribution in [1.29, 1.82) is 5.26 Å². The lowest BCUT2D eigenvalue weighted by atomic mass is 10.1. The summed E-state index contributed by atoms with van der Waals surface area (Å²) in [6.07, 6.45) is -0.743. The third kappa shape index (κ3) is 3.25. The maximum Gasteiger partial charge on any atom is 0.124 e. The third-order valence-corrected chi connectivity index (χ3v) is 2.91. The molecule has 1 atom stereocenters. The first-order valence-electron chi connectivity index (χ1n) is 6.07. The molecule has 20 heavy (non-hydrogen) atoms. The van der Waals surface area contributed by atoms with E-state index in [1.807, 2.05) is 6.07 Å². The van der Waals surface area contributed by atoms with E-state index < -0.39 is 11.9 Å². The lowest BCUT2D eigenvalue weighted by molar-refractivity contribution is 0.191. The number of hydrogen-bond acceptors (Lipinski definition) is 4. The van der Waals surface area contributed by atoms with Crippen molar-refractivity contribution in [3.05, 3.63) is 59.4 Å². The molecule has 4 nitrogen and oxygen atoms in total. The van der Waals surface area contributed by atoms with Gasteiger partial charge in [0.25, 0.3) is 0 Å². The lowest BCUT2D eigenvalue weighted by Crippen LogP contribution is -2.13. The highest BCUT2D eigenvalue weighted by Crippen LogP contribution is 2.19. The molecular weight excluding hydrogens is 257 g/mol. The second-order valence-corrected chi connectivity index (χ2v) is 4.37. The second kappa shape index (κ2) is 6.04. The Labute approximate surface area is 116 Å². The van der Waals surface area contributed by atoms with Gasteiger partial charge in [-0.05, 0) is 35.9 Å². The number of benzene rings is 2. The van der Waals surface area contributed by atoms with Gasteiger partial charge in [-0.25, -0.2) is 4.39 Å². The number of anilines is 2. The molecule has 0 aliphatic heterocycles. The van der Waals surface area contributed by atoms with Crippen molar-refractivity contribution in [2.45, 2.75) is 6.10 Å². The number of aliphatic hydroxyl groups excluding tert-OH is 1. The minimum atomic E-state index is -0.743. The van der Waals surface area contributed by atoms with Gasteiger partial charge in [-0.1, -0.05) is 12.1 Å². The largest absolute Gasteiger partial charge is 0.399 e. The standard InChI is InChI=1S/C15H14FN3O/c16-12-3-6-14(11(7-12)8-17)19-9-15(20)10-1-4-13(18)5-2-10/h1-7,15,19-20H,9,18H2. The molecule has 0 aliphatic carbocycles. The van der Waals surface area contributed by atoms with Crippen LogP contribution in [0, 0.1) is 17.1 Å². The molecule has 0 amide bonds. The Kier molecular flexibility index (Phi) is 4.18. The second-order valence-electron chi connectivity index (χ2n) is 4.37.